The number of hydrogen-bond donors (Lipinski definition) is 3. The van der Waals surface area contributed by atoms with Crippen molar-refractivity contribution in [2.24, 2.45) is 17.8 Å². The van der Waals surface area contributed by atoms with E-state index < -0.39 is 35.3 Å². The second-order valence-corrected chi connectivity index (χ2v) is 7.08. The number of aliphatic hydroxyl groups is 3. The summed E-state index contributed by atoms with van der Waals surface area (Å²) in [5, 5.41) is 31.7. The normalized spacial score (nSPS) is 55.1. The molecule has 0 aromatic rings. The van der Waals surface area contributed by atoms with Gasteiger partial charge in [0.05, 0.1) is 23.2 Å². The molecule has 2 aliphatic carbocycles. The van der Waals surface area contributed by atoms with Crippen LogP contribution < -0.4 is 0 Å². The highest BCUT2D eigenvalue weighted by molar-refractivity contribution is 5.91. The molecule has 3 N–H and O–H groups in total. The molecule has 0 radical (unpaired) electrons. The van der Waals surface area contributed by atoms with Crippen LogP contribution in [0.5, 0.6) is 0 Å². The van der Waals surface area contributed by atoms with Crippen LogP contribution in [0, 0.1) is 17.8 Å². The van der Waals surface area contributed by atoms with E-state index in [1.54, 1.807) is 13.8 Å². The van der Waals surface area contributed by atoms with Gasteiger partial charge in [-0.3, -0.25) is 0 Å². The molecule has 7 atom stereocenters. The zero-order valence-corrected chi connectivity index (χ0v) is 11.9. The van der Waals surface area contributed by atoms with Gasteiger partial charge in [-0.1, -0.05) is 6.58 Å². The van der Waals surface area contributed by atoms with E-state index in [0.29, 0.717) is 12.8 Å². The summed E-state index contributed by atoms with van der Waals surface area (Å²) < 4.78 is 5.40. The fourth-order valence-electron chi connectivity index (χ4n) is 4.56. The van der Waals surface area contributed by atoms with Crippen LogP contribution in [0.25, 0.3) is 0 Å². The Bertz CT molecular complexity index is 467. The van der Waals surface area contributed by atoms with Crippen molar-refractivity contribution >= 4 is 5.97 Å². The van der Waals surface area contributed by atoms with Crippen molar-refractivity contribution in [3.05, 3.63) is 12.2 Å². The van der Waals surface area contributed by atoms with Crippen LogP contribution in [-0.2, 0) is 9.53 Å². The molecule has 112 valence electrons. The molecule has 0 spiro atoms. The molecule has 3 aliphatic rings. The highest BCUT2D eigenvalue weighted by atomic mass is 16.6. The molecule has 3 rings (SSSR count). The van der Waals surface area contributed by atoms with Crippen LogP contribution in [0.3, 0.4) is 0 Å². The summed E-state index contributed by atoms with van der Waals surface area (Å²) in [6.45, 7) is 7.14. The second-order valence-electron chi connectivity index (χ2n) is 7.08. The second kappa shape index (κ2) is 4.06. The van der Waals surface area contributed by atoms with Gasteiger partial charge < -0.3 is 20.1 Å². The summed E-state index contributed by atoms with van der Waals surface area (Å²) in [4.78, 5) is 11.8. The van der Waals surface area contributed by atoms with E-state index in [9.17, 15) is 20.1 Å². The third kappa shape index (κ3) is 1.76. The van der Waals surface area contributed by atoms with Crippen LogP contribution in [-0.4, -0.2) is 44.7 Å². The predicted octanol–water partition coefficient (Wildman–Crippen LogP) is 0.377. The van der Waals surface area contributed by atoms with Crippen molar-refractivity contribution in [1.82, 2.24) is 0 Å². The number of ether oxygens (including phenoxy) is 1. The maximum Gasteiger partial charge on any atom is 0.334 e. The lowest BCUT2D eigenvalue weighted by molar-refractivity contribution is -0.150. The number of aliphatic hydroxyl groups excluding tert-OH is 1. The van der Waals surface area contributed by atoms with Crippen molar-refractivity contribution < 1.29 is 24.9 Å². The lowest BCUT2D eigenvalue weighted by Crippen LogP contribution is -2.46. The van der Waals surface area contributed by atoms with Crippen molar-refractivity contribution in [3.8, 4) is 0 Å². The Morgan fingerprint density at radius 3 is 2.60 bits per heavy atom. The van der Waals surface area contributed by atoms with Gasteiger partial charge in [0.15, 0.2) is 0 Å². The highest BCUT2D eigenvalue weighted by Crippen LogP contribution is 2.55. The van der Waals surface area contributed by atoms with E-state index in [1.165, 1.54) is 0 Å². The van der Waals surface area contributed by atoms with Crippen LogP contribution in [0.1, 0.15) is 33.1 Å². The molecule has 7 unspecified atom stereocenters. The van der Waals surface area contributed by atoms with Crippen LogP contribution >= 0.6 is 0 Å². The first kappa shape index (κ1) is 14.0. The van der Waals surface area contributed by atoms with Gasteiger partial charge in [-0.2, -0.15) is 0 Å². The third-order valence-corrected chi connectivity index (χ3v) is 5.56. The van der Waals surface area contributed by atoms with E-state index in [4.69, 9.17) is 4.74 Å². The summed E-state index contributed by atoms with van der Waals surface area (Å²) in [6, 6.07) is 0. The van der Waals surface area contributed by atoms with Crippen molar-refractivity contribution in [3.63, 3.8) is 0 Å². The molecule has 1 saturated heterocycles. The van der Waals surface area contributed by atoms with Gasteiger partial charge in [0, 0.05) is 17.9 Å². The van der Waals surface area contributed by atoms with Gasteiger partial charge in [-0.05, 0) is 32.6 Å². The lowest BCUT2D eigenvalue weighted by atomic mass is 9.74. The van der Waals surface area contributed by atoms with Gasteiger partial charge in [0.2, 0.25) is 0 Å². The molecule has 5 nitrogen and oxygen atoms in total. The van der Waals surface area contributed by atoms with Gasteiger partial charge >= 0.3 is 5.97 Å². The zero-order chi connectivity index (χ0) is 14.9. The van der Waals surface area contributed by atoms with E-state index in [0.717, 1.165) is 0 Å². The minimum absolute atomic E-state index is 0.168. The Morgan fingerprint density at radius 2 is 1.95 bits per heavy atom. The van der Waals surface area contributed by atoms with Crippen LogP contribution in [0.4, 0.5) is 0 Å². The Morgan fingerprint density at radius 1 is 1.30 bits per heavy atom. The molecule has 3 fully saturated rings. The molecule has 20 heavy (non-hydrogen) atoms. The van der Waals surface area contributed by atoms with Crippen molar-refractivity contribution in [1.29, 1.82) is 0 Å². The summed E-state index contributed by atoms with van der Waals surface area (Å²) >= 11 is 0. The maximum atomic E-state index is 11.8. The standard InChI is InChI=1S/C15H22O5/c1-7-10-9(16)6-15(3,19)8-4-5-14(2,18)11(8)12(10)20-13(7)17/h8-12,16,18-19H,1,4-6H2,2-3H3. The van der Waals surface area contributed by atoms with Gasteiger partial charge in [-0.25, -0.2) is 4.79 Å². The maximum absolute atomic E-state index is 11.8. The third-order valence-electron chi connectivity index (χ3n) is 5.56. The first-order valence-electron chi connectivity index (χ1n) is 7.18. The predicted molar refractivity (Wildman–Crippen MR) is 70.6 cm³/mol. The monoisotopic (exact) mass is 282 g/mol. The van der Waals surface area contributed by atoms with Gasteiger partial charge in [0.25, 0.3) is 0 Å². The van der Waals surface area contributed by atoms with Gasteiger partial charge in [0.1, 0.15) is 6.10 Å². The largest absolute Gasteiger partial charge is 0.458 e. The molecule has 5 heteroatoms. The molecule has 0 aromatic heterocycles. The summed E-state index contributed by atoms with van der Waals surface area (Å²) in [6.07, 6.45) is -0.0927. The first-order valence-corrected chi connectivity index (χ1v) is 7.18. The van der Waals surface area contributed by atoms with Crippen molar-refractivity contribution in [2.45, 2.75) is 56.5 Å². The number of fused-ring (bicyclic) bond motifs is 3. The molecule has 2 saturated carbocycles. The molecule has 1 heterocycles. The fourth-order valence-corrected chi connectivity index (χ4v) is 4.56. The minimum Gasteiger partial charge on any atom is -0.458 e. The zero-order valence-electron chi connectivity index (χ0n) is 11.9. The topological polar surface area (TPSA) is 87.0 Å². The van der Waals surface area contributed by atoms with Gasteiger partial charge in [-0.15, -0.1) is 0 Å². The smallest absolute Gasteiger partial charge is 0.334 e. The molecule has 0 bridgehead atoms. The summed E-state index contributed by atoms with van der Waals surface area (Å²) in [5.74, 6) is -1.60. The molecule has 0 amide bonds. The number of carbonyl (C=O) groups excluding carboxylic acids is 1. The van der Waals surface area contributed by atoms with E-state index >= 15 is 0 Å². The van der Waals surface area contributed by atoms with E-state index in [-0.39, 0.29) is 23.8 Å². The number of rotatable bonds is 0. The Hall–Kier alpha value is -0.910. The Kier molecular flexibility index (Phi) is 2.85. The Labute approximate surface area is 118 Å². The lowest BCUT2D eigenvalue weighted by Gasteiger charge is -2.37. The molecular formula is C15H22O5. The van der Waals surface area contributed by atoms with E-state index in [1.807, 2.05) is 0 Å². The van der Waals surface area contributed by atoms with Crippen LogP contribution in [0.15, 0.2) is 12.2 Å². The summed E-state index contributed by atoms with van der Waals surface area (Å²) in [5.41, 5.74) is -1.84. The average Bonchev–Trinajstić information content (AvgIpc) is 2.73. The number of hydrogen-bond acceptors (Lipinski definition) is 5. The first-order chi connectivity index (χ1) is 9.15. The molecule has 1 aliphatic heterocycles. The minimum atomic E-state index is -1.08. The Balaban J connectivity index is 2.08. The molecule has 0 aromatic carbocycles. The number of esters is 1. The van der Waals surface area contributed by atoms with Crippen molar-refractivity contribution in [2.75, 3.05) is 0 Å². The average molecular weight is 282 g/mol. The fraction of sp³-hybridized carbons (Fsp3) is 0.800. The summed E-state index contributed by atoms with van der Waals surface area (Å²) in [7, 11) is 0. The quantitative estimate of drug-likeness (QED) is 0.441. The van der Waals surface area contributed by atoms with E-state index in [2.05, 4.69) is 6.58 Å². The van der Waals surface area contributed by atoms with Crippen LogP contribution in [0.2, 0.25) is 0 Å². The highest BCUT2D eigenvalue weighted by Gasteiger charge is 2.62. The molecular weight excluding hydrogens is 260 g/mol. The SMILES string of the molecule is C=C1C(=O)OC2C1C(O)CC(C)(O)C1CCC(C)(O)C21. The number of carbonyl (C=O) groups is 1.